The van der Waals surface area contributed by atoms with Crippen molar-refractivity contribution in [1.29, 1.82) is 0 Å². The summed E-state index contributed by atoms with van der Waals surface area (Å²) in [6.45, 7) is 4.89. The second-order valence-electron chi connectivity index (χ2n) is 7.83. The van der Waals surface area contributed by atoms with Gasteiger partial charge in [0, 0.05) is 6.54 Å². The number of hydrogen-bond acceptors (Lipinski definition) is 5. The number of carbonyl (C=O) groups excluding carboxylic acids is 1. The Morgan fingerprint density at radius 3 is 2.79 bits per heavy atom. The average Bonchev–Trinajstić information content (AvgIpc) is 3.13. The minimum Gasteiger partial charge on any atom is -0.349 e. The Hall–Kier alpha value is -1.54. The molecule has 1 fully saturated rings. The number of fused-ring (bicyclic) bond motifs is 1. The Kier molecular flexibility index (Phi) is 6.70. The molecule has 6 nitrogen and oxygen atoms in total. The normalized spacial score (nSPS) is 21.2. The first-order valence-electron chi connectivity index (χ1n) is 9.91. The topological polar surface area (TPSA) is 81.1 Å². The van der Waals surface area contributed by atoms with Crippen LogP contribution in [0.1, 0.15) is 46.0 Å². The van der Waals surface area contributed by atoms with Crippen LogP contribution < -0.4 is 5.32 Å². The summed E-state index contributed by atoms with van der Waals surface area (Å²) in [6.07, 6.45) is 5.16. The maximum absolute atomic E-state index is 12.5. The van der Waals surface area contributed by atoms with E-state index in [1.165, 1.54) is 31.0 Å². The smallest absolute Gasteiger partial charge is 0.230 e. The number of nitrogens with one attached hydrogen (secondary N) is 1. The number of nitrogens with zero attached hydrogens (tertiary/aromatic N) is 2. The minimum absolute atomic E-state index is 0.0202. The van der Waals surface area contributed by atoms with Crippen molar-refractivity contribution in [1.82, 2.24) is 14.9 Å². The molecular formula is C20H29N3O3S2. The molecule has 154 valence electrons. The summed E-state index contributed by atoms with van der Waals surface area (Å²) in [4.78, 5) is 17.2. The molecule has 2 aromatic rings. The van der Waals surface area contributed by atoms with Gasteiger partial charge in [-0.2, -0.15) is 0 Å². The van der Waals surface area contributed by atoms with Gasteiger partial charge in [-0.1, -0.05) is 50.1 Å². The Balaban J connectivity index is 1.65. The van der Waals surface area contributed by atoms with Crippen LogP contribution in [0.3, 0.4) is 0 Å². The fraction of sp³-hybridized carbons (Fsp3) is 0.600. The molecule has 1 aromatic carbocycles. The van der Waals surface area contributed by atoms with E-state index in [9.17, 15) is 13.2 Å². The number of unbranched alkanes of at least 4 members (excludes halogenated alkanes) is 3. The molecule has 1 unspecified atom stereocenters. The lowest BCUT2D eigenvalue weighted by Crippen LogP contribution is -2.47. The zero-order valence-electron chi connectivity index (χ0n) is 16.6. The summed E-state index contributed by atoms with van der Waals surface area (Å²) in [7, 11) is -3.04. The first-order chi connectivity index (χ1) is 13.3. The van der Waals surface area contributed by atoms with Gasteiger partial charge in [0.2, 0.25) is 5.91 Å². The van der Waals surface area contributed by atoms with Crippen LogP contribution in [0.25, 0.3) is 11.0 Å². The predicted molar refractivity (Wildman–Crippen MR) is 114 cm³/mol. The first-order valence-corrected chi connectivity index (χ1v) is 12.7. The van der Waals surface area contributed by atoms with Gasteiger partial charge in [-0.15, -0.1) is 0 Å². The Labute approximate surface area is 171 Å². The fourth-order valence-electron chi connectivity index (χ4n) is 3.69. The lowest BCUT2D eigenvalue weighted by atomic mass is 10.0. The molecule has 3 rings (SSSR count). The van der Waals surface area contributed by atoms with Crippen molar-refractivity contribution in [3.63, 3.8) is 0 Å². The highest BCUT2D eigenvalue weighted by molar-refractivity contribution is 7.99. The number of aryl methyl sites for hydroxylation is 1. The van der Waals surface area contributed by atoms with Gasteiger partial charge in [0.25, 0.3) is 0 Å². The van der Waals surface area contributed by atoms with E-state index in [1.54, 1.807) is 0 Å². The summed E-state index contributed by atoms with van der Waals surface area (Å²) in [5.74, 6) is 0.249. The fourth-order valence-corrected chi connectivity index (χ4v) is 6.62. The van der Waals surface area contributed by atoms with Gasteiger partial charge in [-0.05, 0) is 31.9 Å². The molecule has 28 heavy (non-hydrogen) atoms. The maximum Gasteiger partial charge on any atom is 0.230 e. The average molecular weight is 424 g/mol. The lowest BCUT2D eigenvalue weighted by Gasteiger charge is -2.23. The van der Waals surface area contributed by atoms with Gasteiger partial charge in [-0.25, -0.2) is 13.4 Å². The molecule has 2 heterocycles. The van der Waals surface area contributed by atoms with E-state index in [0.29, 0.717) is 6.42 Å². The molecule has 1 N–H and O–H groups in total. The summed E-state index contributed by atoms with van der Waals surface area (Å²) in [5, 5.41) is 3.76. The molecule has 8 heteroatoms. The van der Waals surface area contributed by atoms with Crippen LogP contribution in [0.4, 0.5) is 0 Å². The summed E-state index contributed by atoms with van der Waals surface area (Å²) < 4.78 is 25.7. The van der Waals surface area contributed by atoms with Gasteiger partial charge >= 0.3 is 0 Å². The quantitative estimate of drug-likeness (QED) is 0.494. The molecule has 1 saturated heterocycles. The number of aromatic nitrogens is 2. The zero-order chi connectivity index (χ0) is 20.2. The van der Waals surface area contributed by atoms with E-state index in [0.717, 1.165) is 29.2 Å². The molecule has 0 bridgehead atoms. The summed E-state index contributed by atoms with van der Waals surface area (Å²) in [5.41, 5.74) is 1.38. The second-order valence-corrected chi connectivity index (χ2v) is 11.0. The Morgan fingerprint density at radius 1 is 1.29 bits per heavy atom. The largest absolute Gasteiger partial charge is 0.349 e. The van der Waals surface area contributed by atoms with Crippen LogP contribution in [0, 0.1) is 0 Å². The lowest BCUT2D eigenvalue weighted by molar-refractivity contribution is -0.120. The molecule has 0 spiro atoms. The highest BCUT2D eigenvalue weighted by Gasteiger charge is 2.39. The number of sulfone groups is 1. The molecule has 0 aliphatic carbocycles. The number of benzene rings is 1. The van der Waals surface area contributed by atoms with Crippen molar-refractivity contribution in [3.05, 3.63) is 24.3 Å². The molecule has 0 radical (unpaired) electrons. The molecule has 0 saturated carbocycles. The van der Waals surface area contributed by atoms with Crippen LogP contribution in [-0.4, -0.2) is 46.7 Å². The molecule has 1 aliphatic rings. The third kappa shape index (κ3) is 5.29. The van der Waals surface area contributed by atoms with Gasteiger partial charge in [0.1, 0.15) is 0 Å². The number of carbonyl (C=O) groups is 1. The van der Waals surface area contributed by atoms with Gasteiger partial charge in [0.05, 0.1) is 33.8 Å². The van der Waals surface area contributed by atoms with E-state index in [4.69, 9.17) is 4.98 Å². The third-order valence-corrected chi connectivity index (χ3v) is 8.01. The molecular weight excluding hydrogens is 394 g/mol. The first kappa shape index (κ1) is 21.2. The zero-order valence-corrected chi connectivity index (χ0v) is 18.2. The van der Waals surface area contributed by atoms with Crippen LogP contribution in [0.15, 0.2) is 29.4 Å². The van der Waals surface area contributed by atoms with Gasteiger partial charge in [-0.3, -0.25) is 4.79 Å². The Bertz CT molecular complexity index is 939. The number of amides is 1. The van der Waals surface area contributed by atoms with E-state index < -0.39 is 15.4 Å². The maximum atomic E-state index is 12.5. The molecule has 1 aromatic heterocycles. The van der Waals surface area contributed by atoms with Crippen molar-refractivity contribution in [3.8, 4) is 0 Å². The third-order valence-electron chi connectivity index (χ3n) is 5.13. The molecule has 1 amide bonds. The van der Waals surface area contributed by atoms with Crippen molar-refractivity contribution in [2.24, 2.45) is 0 Å². The highest BCUT2D eigenvalue weighted by atomic mass is 32.2. The van der Waals surface area contributed by atoms with E-state index in [1.807, 2.05) is 25.1 Å². The number of para-hydroxylation sites is 2. The van der Waals surface area contributed by atoms with Crippen LogP contribution in [0.5, 0.6) is 0 Å². The summed E-state index contributed by atoms with van der Waals surface area (Å²) >= 11 is 1.42. The van der Waals surface area contributed by atoms with Crippen molar-refractivity contribution >= 4 is 38.5 Å². The Morgan fingerprint density at radius 2 is 2.07 bits per heavy atom. The van der Waals surface area contributed by atoms with Crippen molar-refractivity contribution in [2.45, 2.75) is 63.2 Å². The second kappa shape index (κ2) is 8.86. The molecule has 1 atom stereocenters. The van der Waals surface area contributed by atoms with E-state index >= 15 is 0 Å². The van der Waals surface area contributed by atoms with Crippen LogP contribution in [-0.2, 0) is 21.2 Å². The monoisotopic (exact) mass is 423 g/mol. The highest BCUT2D eigenvalue weighted by Crippen LogP contribution is 2.26. The van der Waals surface area contributed by atoms with Crippen LogP contribution in [0.2, 0.25) is 0 Å². The van der Waals surface area contributed by atoms with E-state index in [2.05, 4.69) is 22.9 Å². The van der Waals surface area contributed by atoms with Crippen molar-refractivity contribution in [2.75, 3.05) is 17.3 Å². The minimum atomic E-state index is -3.04. The van der Waals surface area contributed by atoms with Gasteiger partial charge in [0.15, 0.2) is 15.0 Å². The number of rotatable bonds is 9. The standard InChI is InChI=1S/C20H29N3O3S2/c1-3-4-5-8-12-23-17-10-7-6-9-16(17)21-19(23)27-14-18(24)22-20(2)11-13-28(25,26)15-20/h6-7,9-10H,3-5,8,11-15H2,1-2H3,(H,22,24). The van der Waals surface area contributed by atoms with Gasteiger partial charge < -0.3 is 9.88 Å². The predicted octanol–water partition coefficient (Wildman–Crippen LogP) is 3.40. The number of imidazole rings is 1. The van der Waals surface area contributed by atoms with Crippen molar-refractivity contribution < 1.29 is 13.2 Å². The number of thioether (sulfide) groups is 1. The molecule has 1 aliphatic heterocycles. The number of hydrogen-bond donors (Lipinski definition) is 1. The van der Waals surface area contributed by atoms with E-state index in [-0.39, 0.29) is 23.2 Å². The van der Waals surface area contributed by atoms with Crippen LogP contribution >= 0.6 is 11.8 Å². The summed E-state index contributed by atoms with van der Waals surface area (Å²) in [6, 6.07) is 8.04. The SMILES string of the molecule is CCCCCCn1c(SCC(=O)NC2(C)CCS(=O)(=O)C2)nc2ccccc21.